The van der Waals surface area contributed by atoms with E-state index < -0.39 is 23.1 Å². The van der Waals surface area contributed by atoms with Gasteiger partial charge in [-0.1, -0.05) is 79.7 Å². The Bertz CT molecular complexity index is 1510. The van der Waals surface area contributed by atoms with Crippen LogP contribution in [-0.4, -0.2) is 42.1 Å². The van der Waals surface area contributed by atoms with Gasteiger partial charge in [-0.15, -0.1) is 0 Å². The molecule has 5 atom stereocenters. The number of ether oxygens (including phenoxy) is 4. The molecular formula is C32H32N2O6. The van der Waals surface area contributed by atoms with Gasteiger partial charge in [0.2, 0.25) is 0 Å². The lowest BCUT2D eigenvalue weighted by Crippen LogP contribution is -2.38. The van der Waals surface area contributed by atoms with Crippen LogP contribution in [0, 0.1) is 11.8 Å². The highest BCUT2D eigenvalue weighted by molar-refractivity contribution is 5.48. The molecule has 1 N–H and O–H groups in total. The van der Waals surface area contributed by atoms with Crippen molar-refractivity contribution in [3.05, 3.63) is 135 Å². The summed E-state index contributed by atoms with van der Waals surface area (Å²) in [4.78, 5) is 26.7. The molecule has 6 rings (SSSR count). The number of hydrogen-bond acceptors (Lipinski definition) is 6. The first-order valence-electron chi connectivity index (χ1n) is 13.5. The number of aromatic nitrogens is 2. The quantitative estimate of drug-likeness (QED) is 0.339. The van der Waals surface area contributed by atoms with Gasteiger partial charge in [-0.05, 0) is 34.7 Å². The van der Waals surface area contributed by atoms with E-state index in [1.54, 1.807) is 7.11 Å². The fourth-order valence-electron chi connectivity index (χ4n) is 6.14. The Morgan fingerprint density at radius 2 is 1.52 bits per heavy atom. The second-order valence-electron chi connectivity index (χ2n) is 10.4. The van der Waals surface area contributed by atoms with Gasteiger partial charge in [-0.25, -0.2) is 4.79 Å². The zero-order valence-electron chi connectivity index (χ0n) is 22.4. The number of fused-ring (bicyclic) bond motifs is 1. The Balaban J connectivity index is 1.41. The van der Waals surface area contributed by atoms with E-state index in [1.807, 2.05) is 60.7 Å². The van der Waals surface area contributed by atoms with Gasteiger partial charge in [0.15, 0.2) is 6.23 Å². The zero-order chi connectivity index (χ0) is 27.7. The summed E-state index contributed by atoms with van der Waals surface area (Å²) >= 11 is 0. The normalized spacial score (nSPS) is 24.1. The van der Waals surface area contributed by atoms with Crippen molar-refractivity contribution in [2.75, 3.05) is 20.3 Å². The first-order chi connectivity index (χ1) is 19.5. The van der Waals surface area contributed by atoms with Crippen molar-refractivity contribution in [1.82, 2.24) is 9.55 Å². The molecule has 4 aromatic rings. The fourth-order valence-corrected chi connectivity index (χ4v) is 6.14. The number of benzene rings is 3. The number of methoxy groups -OCH3 is 1. The molecule has 0 bridgehead atoms. The van der Waals surface area contributed by atoms with Crippen molar-refractivity contribution in [2.45, 2.75) is 31.0 Å². The second-order valence-corrected chi connectivity index (χ2v) is 10.4. The molecule has 3 heterocycles. The maximum absolute atomic E-state index is 12.7. The van der Waals surface area contributed by atoms with E-state index in [2.05, 4.69) is 36.2 Å². The minimum atomic E-state index is -0.941. The fraction of sp³-hybridized carbons (Fsp3) is 0.312. The molecule has 3 aromatic carbocycles. The molecule has 0 saturated carbocycles. The van der Waals surface area contributed by atoms with Gasteiger partial charge in [0, 0.05) is 18.2 Å². The summed E-state index contributed by atoms with van der Waals surface area (Å²) in [7, 11) is 1.65. The Morgan fingerprint density at radius 1 is 0.900 bits per heavy atom. The first-order valence-corrected chi connectivity index (χ1v) is 13.5. The average Bonchev–Trinajstić information content (AvgIpc) is 3.55. The maximum Gasteiger partial charge on any atom is 0.330 e. The van der Waals surface area contributed by atoms with Crippen molar-refractivity contribution < 1.29 is 18.9 Å². The molecule has 1 unspecified atom stereocenters. The molecule has 206 valence electrons. The van der Waals surface area contributed by atoms with Crippen molar-refractivity contribution in [3.8, 4) is 5.75 Å². The van der Waals surface area contributed by atoms with Crippen LogP contribution in [-0.2, 0) is 19.8 Å². The van der Waals surface area contributed by atoms with E-state index in [0.29, 0.717) is 6.61 Å². The standard InChI is InChI=1S/C32H32N2O6/c1-21-19-38-29-28(21)26(40-30(29)34-18-17-27(35)33-31(34)36)20-39-32(22-9-5-3-6-10-22,23-11-7-4-8-12-23)24-13-15-25(37-2)16-14-24/h3-18,21,26,28-30H,19-20H2,1-2H3,(H,33,35,36)/t21?,26-,28+,29+,30-/m1/s1. The lowest BCUT2D eigenvalue weighted by molar-refractivity contribution is -0.104. The topological polar surface area (TPSA) is 91.8 Å². The Morgan fingerprint density at radius 3 is 2.12 bits per heavy atom. The number of nitrogens with zero attached hydrogens (tertiary/aromatic N) is 1. The molecule has 8 heteroatoms. The summed E-state index contributed by atoms with van der Waals surface area (Å²) < 4.78 is 26.6. The van der Waals surface area contributed by atoms with Crippen molar-refractivity contribution >= 4 is 0 Å². The zero-order valence-corrected chi connectivity index (χ0v) is 22.4. The Labute approximate surface area is 232 Å². The van der Waals surface area contributed by atoms with E-state index in [9.17, 15) is 9.59 Å². The van der Waals surface area contributed by atoms with E-state index >= 15 is 0 Å². The van der Waals surface area contributed by atoms with Gasteiger partial charge >= 0.3 is 5.69 Å². The summed E-state index contributed by atoms with van der Waals surface area (Å²) in [6.45, 7) is 2.94. The van der Waals surface area contributed by atoms with Crippen LogP contribution in [0.5, 0.6) is 5.75 Å². The van der Waals surface area contributed by atoms with Crippen LogP contribution in [0.2, 0.25) is 0 Å². The third kappa shape index (κ3) is 4.58. The van der Waals surface area contributed by atoms with Gasteiger partial charge in [-0.2, -0.15) is 0 Å². The number of H-pyrrole nitrogens is 1. The molecular weight excluding hydrogens is 508 g/mol. The molecule has 2 aliphatic heterocycles. The molecule has 40 heavy (non-hydrogen) atoms. The Kier molecular flexibility index (Phi) is 7.14. The molecule has 2 fully saturated rings. The minimum absolute atomic E-state index is 0.00365. The van der Waals surface area contributed by atoms with Crippen LogP contribution >= 0.6 is 0 Å². The van der Waals surface area contributed by atoms with Gasteiger partial charge in [0.05, 0.1) is 26.4 Å². The van der Waals surface area contributed by atoms with Crippen LogP contribution < -0.4 is 16.0 Å². The summed E-state index contributed by atoms with van der Waals surface area (Å²) in [6.07, 6.45) is 0.109. The van der Waals surface area contributed by atoms with Crippen LogP contribution in [0.3, 0.4) is 0 Å². The third-order valence-corrected chi connectivity index (χ3v) is 8.06. The number of nitrogens with one attached hydrogen (secondary N) is 1. The van der Waals surface area contributed by atoms with E-state index in [-0.39, 0.29) is 30.7 Å². The van der Waals surface area contributed by atoms with E-state index in [1.165, 1.54) is 16.8 Å². The van der Waals surface area contributed by atoms with Crippen molar-refractivity contribution in [2.24, 2.45) is 11.8 Å². The highest BCUT2D eigenvalue weighted by atomic mass is 16.6. The summed E-state index contributed by atoms with van der Waals surface area (Å²) in [5, 5.41) is 0. The number of aromatic amines is 1. The highest BCUT2D eigenvalue weighted by Gasteiger charge is 2.53. The molecule has 0 spiro atoms. The average molecular weight is 541 g/mol. The molecule has 2 aliphatic rings. The largest absolute Gasteiger partial charge is 0.497 e. The smallest absolute Gasteiger partial charge is 0.330 e. The van der Waals surface area contributed by atoms with Gasteiger partial charge in [0.1, 0.15) is 17.5 Å². The lowest BCUT2D eigenvalue weighted by atomic mass is 9.79. The first kappa shape index (κ1) is 26.3. The molecule has 2 saturated heterocycles. The summed E-state index contributed by atoms with van der Waals surface area (Å²) in [5.74, 6) is 0.960. The monoisotopic (exact) mass is 540 g/mol. The predicted octanol–water partition coefficient (Wildman–Crippen LogP) is 4.10. The van der Waals surface area contributed by atoms with Crippen molar-refractivity contribution in [1.29, 1.82) is 0 Å². The van der Waals surface area contributed by atoms with E-state index in [0.717, 1.165) is 22.4 Å². The SMILES string of the molecule is COc1ccc(C(OC[C@H]2O[C@@H](n3ccc(=O)[nH]c3=O)[C@H]3OCC(C)[C@H]32)(c2ccccc2)c2ccccc2)cc1. The van der Waals surface area contributed by atoms with E-state index in [4.69, 9.17) is 18.9 Å². The molecule has 0 radical (unpaired) electrons. The maximum atomic E-state index is 12.7. The van der Waals surface area contributed by atoms with Gasteiger partial charge in [-0.3, -0.25) is 14.3 Å². The van der Waals surface area contributed by atoms with Crippen LogP contribution in [0.4, 0.5) is 0 Å². The van der Waals surface area contributed by atoms with Gasteiger partial charge < -0.3 is 18.9 Å². The number of hydrogen-bond donors (Lipinski definition) is 1. The summed E-state index contributed by atoms with van der Waals surface area (Å²) in [5.41, 5.74) is 0.983. The molecule has 1 aromatic heterocycles. The Hall–Kier alpha value is -3.98. The van der Waals surface area contributed by atoms with Crippen LogP contribution in [0.25, 0.3) is 0 Å². The number of rotatable bonds is 8. The second kappa shape index (κ2) is 10.9. The third-order valence-electron chi connectivity index (χ3n) is 8.06. The predicted molar refractivity (Wildman–Crippen MR) is 149 cm³/mol. The van der Waals surface area contributed by atoms with Crippen LogP contribution in [0.1, 0.15) is 29.8 Å². The minimum Gasteiger partial charge on any atom is -0.497 e. The van der Waals surface area contributed by atoms with Crippen molar-refractivity contribution in [3.63, 3.8) is 0 Å². The highest BCUT2D eigenvalue weighted by Crippen LogP contribution is 2.46. The molecule has 0 amide bonds. The lowest BCUT2D eigenvalue weighted by Gasteiger charge is -2.37. The summed E-state index contributed by atoms with van der Waals surface area (Å²) in [6, 6.07) is 29.5. The molecule has 0 aliphatic carbocycles. The molecule has 8 nitrogen and oxygen atoms in total. The van der Waals surface area contributed by atoms with Gasteiger partial charge in [0.25, 0.3) is 5.56 Å². The van der Waals surface area contributed by atoms with Crippen LogP contribution in [0.15, 0.2) is 107 Å².